The first-order valence-electron chi connectivity index (χ1n) is 10.5. The molecule has 1 unspecified atom stereocenters. The summed E-state index contributed by atoms with van der Waals surface area (Å²) in [6.07, 6.45) is 5.40. The molecular weight excluding hydrogens is 536 g/mol. The third kappa shape index (κ3) is 8.31. The molecule has 9 heteroatoms. The van der Waals surface area contributed by atoms with Crippen LogP contribution in [0.3, 0.4) is 0 Å². The third-order valence-corrected chi connectivity index (χ3v) is 5.16. The van der Waals surface area contributed by atoms with Crippen molar-refractivity contribution in [1.82, 2.24) is 15.5 Å². The molecule has 2 aromatic carbocycles. The Bertz CT molecular complexity index is 972. The van der Waals surface area contributed by atoms with Crippen LogP contribution in [0.4, 0.5) is 10.1 Å². The molecule has 0 aromatic heterocycles. The van der Waals surface area contributed by atoms with Gasteiger partial charge in [0.05, 0.1) is 25.8 Å². The minimum atomic E-state index is -0.265. The molecule has 1 saturated heterocycles. The van der Waals surface area contributed by atoms with E-state index >= 15 is 0 Å². The van der Waals surface area contributed by atoms with E-state index in [0.717, 1.165) is 18.7 Å². The van der Waals surface area contributed by atoms with Gasteiger partial charge in [0.1, 0.15) is 5.82 Å². The lowest BCUT2D eigenvalue weighted by molar-refractivity contribution is -0.115. The van der Waals surface area contributed by atoms with Gasteiger partial charge in [-0.25, -0.2) is 4.39 Å². The zero-order chi connectivity index (χ0) is 22.8. The summed E-state index contributed by atoms with van der Waals surface area (Å²) in [6.45, 7) is 3.47. The van der Waals surface area contributed by atoms with Crippen molar-refractivity contribution >= 4 is 41.5 Å². The Kier molecular flexibility index (Phi) is 11.1. The number of ether oxygens (including phenoxy) is 1. The highest BCUT2D eigenvalue weighted by Gasteiger charge is 2.23. The quantitative estimate of drug-likeness (QED) is 0.208. The van der Waals surface area contributed by atoms with Crippen molar-refractivity contribution in [2.75, 3.05) is 51.8 Å². The van der Waals surface area contributed by atoms with Crippen molar-refractivity contribution in [3.8, 4) is 12.3 Å². The maximum absolute atomic E-state index is 13.4. The molecule has 3 rings (SSSR count). The molecule has 1 aliphatic rings. The van der Waals surface area contributed by atoms with Crippen LogP contribution in [0.25, 0.3) is 0 Å². The predicted octanol–water partition coefficient (Wildman–Crippen LogP) is 2.60. The lowest BCUT2D eigenvalue weighted by Gasteiger charge is -2.35. The molecule has 33 heavy (non-hydrogen) atoms. The van der Waals surface area contributed by atoms with Crippen molar-refractivity contribution < 1.29 is 13.9 Å². The van der Waals surface area contributed by atoms with E-state index in [0.29, 0.717) is 37.0 Å². The zero-order valence-electron chi connectivity index (χ0n) is 18.5. The van der Waals surface area contributed by atoms with Crippen LogP contribution >= 0.6 is 24.0 Å². The van der Waals surface area contributed by atoms with Crippen LogP contribution in [0.1, 0.15) is 17.2 Å². The van der Waals surface area contributed by atoms with Gasteiger partial charge in [0, 0.05) is 37.9 Å². The number of hydrogen-bond donors (Lipinski definition) is 3. The highest BCUT2D eigenvalue weighted by Crippen LogP contribution is 2.21. The van der Waals surface area contributed by atoms with Gasteiger partial charge in [-0.3, -0.25) is 14.7 Å². The summed E-state index contributed by atoms with van der Waals surface area (Å²) < 4.78 is 18.9. The van der Waals surface area contributed by atoms with Gasteiger partial charge in [0.15, 0.2) is 5.96 Å². The number of rotatable bonds is 7. The molecule has 0 spiro atoms. The number of benzene rings is 2. The summed E-state index contributed by atoms with van der Waals surface area (Å²) in [4.78, 5) is 18.8. The summed E-state index contributed by atoms with van der Waals surface area (Å²) in [5.74, 6) is 2.56. The van der Waals surface area contributed by atoms with E-state index in [1.807, 2.05) is 0 Å². The molecule has 0 saturated carbocycles. The van der Waals surface area contributed by atoms with E-state index < -0.39 is 0 Å². The van der Waals surface area contributed by atoms with Gasteiger partial charge in [-0.2, -0.15) is 0 Å². The third-order valence-electron chi connectivity index (χ3n) is 5.16. The predicted molar refractivity (Wildman–Crippen MR) is 139 cm³/mol. The largest absolute Gasteiger partial charge is 0.379 e. The molecule has 1 heterocycles. The van der Waals surface area contributed by atoms with Gasteiger partial charge in [-0.1, -0.05) is 24.1 Å². The average molecular weight is 565 g/mol. The Morgan fingerprint density at radius 2 is 1.94 bits per heavy atom. The molecule has 1 atom stereocenters. The van der Waals surface area contributed by atoms with E-state index in [1.165, 1.54) is 12.1 Å². The summed E-state index contributed by atoms with van der Waals surface area (Å²) in [5.41, 5.74) is 2.34. The van der Waals surface area contributed by atoms with Crippen LogP contribution in [-0.4, -0.2) is 63.2 Å². The van der Waals surface area contributed by atoms with Crippen molar-refractivity contribution in [3.63, 3.8) is 0 Å². The van der Waals surface area contributed by atoms with Gasteiger partial charge < -0.3 is 20.7 Å². The molecule has 0 aliphatic carbocycles. The number of nitrogens with one attached hydrogen (secondary N) is 3. The van der Waals surface area contributed by atoms with Gasteiger partial charge in [-0.15, -0.1) is 30.4 Å². The molecule has 0 radical (unpaired) electrons. The van der Waals surface area contributed by atoms with Gasteiger partial charge in [-0.05, 0) is 35.9 Å². The lowest BCUT2D eigenvalue weighted by atomic mass is 10.0. The van der Waals surface area contributed by atoms with Crippen molar-refractivity contribution in [1.29, 1.82) is 0 Å². The molecule has 1 fully saturated rings. The Morgan fingerprint density at radius 3 is 2.61 bits per heavy atom. The zero-order valence-corrected chi connectivity index (χ0v) is 20.8. The fraction of sp³-hybridized carbons (Fsp3) is 0.333. The smallest absolute Gasteiger partial charge is 0.243 e. The van der Waals surface area contributed by atoms with E-state index in [-0.39, 0.29) is 48.3 Å². The monoisotopic (exact) mass is 565 g/mol. The number of terminal acetylenes is 1. The Hall–Kier alpha value is -2.68. The average Bonchev–Trinajstić information content (AvgIpc) is 2.83. The maximum Gasteiger partial charge on any atom is 0.243 e. The van der Waals surface area contributed by atoms with Crippen LogP contribution < -0.4 is 16.0 Å². The van der Waals surface area contributed by atoms with Crippen LogP contribution in [0.15, 0.2) is 53.5 Å². The number of nitrogens with zero attached hydrogens (tertiary/aromatic N) is 2. The molecule has 2 aromatic rings. The Morgan fingerprint density at radius 1 is 1.21 bits per heavy atom. The summed E-state index contributed by atoms with van der Waals surface area (Å²) in [7, 11) is 1.64. The first-order chi connectivity index (χ1) is 15.6. The van der Waals surface area contributed by atoms with Crippen molar-refractivity contribution in [2.24, 2.45) is 4.99 Å². The van der Waals surface area contributed by atoms with E-state index in [1.54, 1.807) is 43.4 Å². The SMILES string of the molecule is C#Cc1cccc(NC(=O)CNC(=NC)NCC(c2ccc(F)cc2)N2CCOCC2)c1.I. The standard InChI is InChI=1S/C24H28FN5O2.HI/c1-3-18-5-4-6-21(15-18)29-23(31)17-28-24(26-2)27-16-22(30-11-13-32-14-12-30)19-7-9-20(25)10-8-19;/h1,4-10,15,22H,11-14,16-17H2,2H3,(H,29,31)(H2,26,27,28);1H. The Balaban J connectivity index is 0.00000385. The first-order valence-corrected chi connectivity index (χ1v) is 10.5. The normalized spacial score (nSPS) is 15.0. The topological polar surface area (TPSA) is 78.0 Å². The first kappa shape index (κ1) is 26.6. The van der Waals surface area contributed by atoms with E-state index in [2.05, 4.69) is 31.8 Å². The maximum atomic E-state index is 13.4. The number of aliphatic imine (C=N–C) groups is 1. The lowest BCUT2D eigenvalue weighted by Crippen LogP contribution is -2.47. The molecular formula is C24H29FIN5O2. The van der Waals surface area contributed by atoms with Crippen LogP contribution in [0.5, 0.6) is 0 Å². The second-order valence-corrected chi connectivity index (χ2v) is 7.30. The highest BCUT2D eigenvalue weighted by atomic mass is 127. The molecule has 0 bridgehead atoms. The number of guanidine groups is 1. The minimum absolute atomic E-state index is 0. The summed E-state index contributed by atoms with van der Waals surface area (Å²) in [6, 6.07) is 13.6. The number of halogens is 2. The molecule has 1 amide bonds. The number of carbonyl (C=O) groups excluding carboxylic acids is 1. The van der Waals surface area contributed by atoms with Gasteiger partial charge in [0.2, 0.25) is 5.91 Å². The number of hydrogen-bond acceptors (Lipinski definition) is 4. The molecule has 176 valence electrons. The summed E-state index contributed by atoms with van der Waals surface area (Å²) >= 11 is 0. The fourth-order valence-corrected chi connectivity index (χ4v) is 3.50. The van der Waals surface area contributed by atoms with Crippen LogP contribution in [0.2, 0.25) is 0 Å². The van der Waals surface area contributed by atoms with Gasteiger partial charge in [0.25, 0.3) is 0 Å². The number of anilines is 1. The minimum Gasteiger partial charge on any atom is -0.379 e. The Labute approximate surface area is 211 Å². The molecule has 7 nitrogen and oxygen atoms in total. The van der Waals surface area contributed by atoms with Crippen LogP contribution in [-0.2, 0) is 9.53 Å². The molecule has 1 aliphatic heterocycles. The van der Waals surface area contributed by atoms with E-state index in [9.17, 15) is 9.18 Å². The number of morpholine rings is 1. The second-order valence-electron chi connectivity index (χ2n) is 7.30. The molecule has 3 N–H and O–H groups in total. The fourth-order valence-electron chi connectivity index (χ4n) is 3.50. The van der Waals surface area contributed by atoms with Crippen molar-refractivity contribution in [2.45, 2.75) is 6.04 Å². The van der Waals surface area contributed by atoms with Crippen molar-refractivity contribution in [3.05, 3.63) is 65.5 Å². The highest BCUT2D eigenvalue weighted by molar-refractivity contribution is 14.0. The van der Waals surface area contributed by atoms with Gasteiger partial charge >= 0.3 is 0 Å². The van der Waals surface area contributed by atoms with E-state index in [4.69, 9.17) is 11.2 Å². The number of carbonyl (C=O) groups is 1. The van der Waals surface area contributed by atoms with Crippen LogP contribution in [0, 0.1) is 18.2 Å². The number of amides is 1. The summed E-state index contributed by atoms with van der Waals surface area (Å²) in [5, 5.41) is 9.10. The second kappa shape index (κ2) is 13.8.